The molecule has 0 atom stereocenters. The number of aliphatic hydroxyl groups is 1. The third-order valence-corrected chi connectivity index (χ3v) is 2.78. The fourth-order valence-electron chi connectivity index (χ4n) is 0.818. The Kier molecular flexibility index (Phi) is 8.24. The molecule has 0 rings (SSSR count). The van der Waals surface area contributed by atoms with E-state index >= 15 is 0 Å². The van der Waals surface area contributed by atoms with Gasteiger partial charge in [0, 0.05) is 27.1 Å². The van der Waals surface area contributed by atoms with E-state index in [0.717, 1.165) is 24.3 Å². The van der Waals surface area contributed by atoms with Gasteiger partial charge in [-0.2, -0.15) is 11.8 Å². The van der Waals surface area contributed by atoms with Gasteiger partial charge in [0.2, 0.25) is 5.91 Å². The summed E-state index contributed by atoms with van der Waals surface area (Å²) in [6.07, 6.45) is 2.43. The molecule has 0 saturated heterocycles. The van der Waals surface area contributed by atoms with Crippen molar-refractivity contribution < 1.29 is 9.90 Å². The third kappa shape index (κ3) is 8.12. The maximum Gasteiger partial charge on any atom is 0.222 e. The summed E-state index contributed by atoms with van der Waals surface area (Å²) in [7, 11) is 3.56. The van der Waals surface area contributed by atoms with E-state index in [4.69, 9.17) is 5.11 Å². The van der Waals surface area contributed by atoms with Gasteiger partial charge in [-0.25, -0.2) is 0 Å². The van der Waals surface area contributed by atoms with Crippen LogP contribution in [0.5, 0.6) is 0 Å². The molecule has 1 N–H and O–H groups in total. The van der Waals surface area contributed by atoms with E-state index in [1.165, 1.54) is 0 Å². The van der Waals surface area contributed by atoms with E-state index in [2.05, 4.69) is 0 Å². The summed E-state index contributed by atoms with van der Waals surface area (Å²) in [5.41, 5.74) is 0. The molecule has 0 aliphatic rings. The van der Waals surface area contributed by atoms with Gasteiger partial charge in [0.1, 0.15) is 0 Å². The predicted octanol–water partition coefficient (Wildman–Crippen LogP) is 0.970. The SMILES string of the molecule is CN(C)C(=O)CCCSCCCO. The van der Waals surface area contributed by atoms with Gasteiger partial charge in [-0.15, -0.1) is 0 Å². The molecule has 1 amide bonds. The van der Waals surface area contributed by atoms with Gasteiger partial charge in [0.25, 0.3) is 0 Å². The number of aliphatic hydroxyl groups excluding tert-OH is 1. The van der Waals surface area contributed by atoms with Crippen molar-refractivity contribution >= 4 is 17.7 Å². The van der Waals surface area contributed by atoms with Crippen LogP contribution in [0.4, 0.5) is 0 Å². The van der Waals surface area contributed by atoms with Crippen LogP contribution in [-0.4, -0.2) is 48.1 Å². The van der Waals surface area contributed by atoms with Crippen LogP contribution in [0.15, 0.2) is 0 Å². The van der Waals surface area contributed by atoms with Crippen molar-refractivity contribution in [2.24, 2.45) is 0 Å². The number of rotatable bonds is 7. The molecule has 78 valence electrons. The highest BCUT2D eigenvalue weighted by molar-refractivity contribution is 7.99. The van der Waals surface area contributed by atoms with Crippen molar-refractivity contribution in [3.8, 4) is 0 Å². The molecule has 0 bridgehead atoms. The molecule has 0 aromatic rings. The standard InChI is InChI=1S/C9H19NO2S/c1-10(2)9(12)5-3-7-13-8-4-6-11/h11H,3-8H2,1-2H3. The minimum absolute atomic E-state index is 0.197. The largest absolute Gasteiger partial charge is 0.396 e. The Morgan fingerprint density at radius 2 is 1.92 bits per heavy atom. The summed E-state index contributed by atoms with van der Waals surface area (Å²) >= 11 is 1.80. The first-order chi connectivity index (χ1) is 6.18. The Bertz CT molecular complexity index is 140. The molecule has 13 heavy (non-hydrogen) atoms. The quantitative estimate of drug-likeness (QED) is 0.630. The molecule has 0 aliphatic heterocycles. The van der Waals surface area contributed by atoms with E-state index in [-0.39, 0.29) is 12.5 Å². The first-order valence-electron chi connectivity index (χ1n) is 4.57. The Hall–Kier alpha value is -0.220. The lowest BCUT2D eigenvalue weighted by molar-refractivity contribution is -0.128. The Labute approximate surface area is 84.5 Å². The second kappa shape index (κ2) is 8.38. The summed E-state index contributed by atoms with van der Waals surface area (Å²) in [6.45, 7) is 0.267. The second-order valence-corrected chi connectivity index (χ2v) is 4.31. The number of carbonyl (C=O) groups is 1. The maximum atomic E-state index is 11.1. The van der Waals surface area contributed by atoms with Gasteiger partial charge in [0.15, 0.2) is 0 Å². The van der Waals surface area contributed by atoms with E-state index < -0.39 is 0 Å². The lowest BCUT2D eigenvalue weighted by Crippen LogP contribution is -2.21. The lowest BCUT2D eigenvalue weighted by atomic mass is 10.3. The van der Waals surface area contributed by atoms with Gasteiger partial charge in [-0.3, -0.25) is 4.79 Å². The Morgan fingerprint density at radius 1 is 1.31 bits per heavy atom. The Morgan fingerprint density at radius 3 is 2.46 bits per heavy atom. The van der Waals surface area contributed by atoms with Crippen LogP contribution in [0.25, 0.3) is 0 Å². The number of hydrogen-bond acceptors (Lipinski definition) is 3. The van der Waals surface area contributed by atoms with Crippen molar-refractivity contribution in [3.05, 3.63) is 0 Å². The van der Waals surface area contributed by atoms with Crippen LogP contribution in [0.3, 0.4) is 0 Å². The van der Waals surface area contributed by atoms with Crippen LogP contribution in [0.2, 0.25) is 0 Å². The molecule has 3 nitrogen and oxygen atoms in total. The molecule has 0 fully saturated rings. The fourth-order valence-corrected chi connectivity index (χ4v) is 1.70. The monoisotopic (exact) mass is 205 g/mol. The topological polar surface area (TPSA) is 40.5 Å². The van der Waals surface area contributed by atoms with E-state index in [9.17, 15) is 4.79 Å². The molecule has 0 aromatic heterocycles. The van der Waals surface area contributed by atoms with Crippen LogP contribution in [0, 0.1) is 0 Å². The van der Waals surface area contributed by atoms with E-state index in [1.54, 1.807) is 30.8 Å². The highest BCUT2D eigenvalue weighted by Crippen LogP contribution is 2.06. The Balaban J connectivity index is 3.12. The average molecular weight is 205 g/mol. The minimum atomic E-state index is 0.197. The fraction of sp³-hybridized carbons (Fsp3) is 0.889. The molecule has 0 unspecified atom stereocenters. The first kappa shape index (κ1) is 12.8. The van der Waals surface area contributed by atoms with Crippen LogP contribution < -0.4 is 0 Å². The van der Waals surface area contributed by atoms with Crippen LogP contribution in [0.1, 0.15) is 19.3 Å². The van der Waals surface area contributed by atoms with Crippen LogP contribution in [-0.2, 0) is 4.79 Å². The van der Waals surface area contributed by atoms with Gasteiger partial charge in [-0.1, -0.05) is 0 Å². The minimum Gasteiger partial charge on any atom is -0.396 e. The van der Waals surface area contributed by atoms with Crippen molar-refractivity contribution in [2.75, 3.05) is 32.2 Å². The van der Waals surface area contributed by atoms with Gasteiger partial charge in [-0.05, 0) is 24.3 Å². The summed E-state index contributed by atoms with van der Waals surface area (Å²) in [6, 6.07) is 0. The smallest absolute Gasteiger partial charge is 0.222 e. The van der Waals surface area contributed by atoms with Gasteiger partial charge < -0.3 is 10.0 Å². The predicted molar refractivity (Wildman–Crippen MR) is 57.0 cm³/mol. The van der Waals surface area contributed by atoms with Gasteiger partial charge in [0.05, 0.1) is 0 Å². The lowest BCUT2D eigenvalue weighted by Gasteiger charge is -2.09. The molecular formula is C9H19NO2S. The zero-order valence-corrected chi connectivity index (χ0v) is 9.27. The average Bonchev–Trinajstić information content (AvgIpc) is 2.10. The summed E-state index contributed by atoms with van der Waals surface area (Å²) in [5.74, 6) is 2.20. The van der Waals surface area contributed by atoms with Crippen molar-refractivity contribution in [2.45, 2.75) is 19.3 Å². The molecule has 0 aliphatic carbocycles. The third-order valence-electron chi connectivity index (χ3n) is 1.62. The molecule has 0 heterocycles. The normalized spacial score (nSPS) is 10.1. The number of carbonyl (C=O) groups excluding carboxylic acids is 1. The number of amides is 1. The first-order valence-corrected chi connectivity index (χ1v) is 5.72. The zero-order valence-electron chi connectivity index (χ0n) is 8.45. The van der Waals surface area contributed by atoms with E-state index in [0.29, 0.717) is 6.42 Å². The van der Waals surface area contributed by atoms with Crippen LogP contribution >= 0.6 is 11.8 Å². The molecular weight excluding hydrogens is 186 g/mol. The highest BCUT2D eigenvalue weighted by atomic mass is 32.2. The van der Waals surface area contributed by atoms with Crippen molar-refractivity contribution in [1.29, 1.82) is 0 Å². The molecule has 0 saturated carbocycles. The summed E-state index contributed by atoms with van der Waals surface area (Å²) in [4.78, 5) is 12.7. The van der Waals surface area contributed by atoms with Gasteiger partial charge >= 0.3 is 0 Å². The van der Waals surface area contributed by atoms with Crippen molar-refractivity contribution in [3.63, 3.8) is 0 Å². The molecule has 0 radical (unpaired) electrons. The molecule has 0 spiro atoms. The molecule has 4 heteroatoms. The summed E-state index contributed by atoms with van der Waals surface area (Å²) in [5, 5.41) is 8.51. The molecule has 0 aromatic carbocycles. The number of nitrogens with zero attached hydrogens (tertiary/aromatic N) is 1. The highest BCUT2D eigenvalue weighted by Gasteiger charge is 2.02. The van der Waals surface area contributed by atoms with Crippen molar-refractivity contribution in [1.82, 2.24) is 4.90 Å². The zero-order chi connectivity index (χ0) is 10.1. The number of hydrogen-bond donors (Lipinski definition) is 1. The summed E-state index contributed by atoms with van der Waals surface area (Å²) < 4.78 is 0. The number of thioether (sulfide) groups is 1. The second-order valence-electron chi connectivity index (χ2n) is 3.08. The van der Waals surface area contributed by atoms with E-state index in [1.807, 2.05) is 0 Å². The maximum absolute atomic E-state index is 11.1.